The molecule has 0 bridgehead atoms. The summed E-state index contributed by atoms with van der Waals surface area (Å²) in [6.07, 6.45) is 9.20. The van der Waals surface area contributed by atoms with E-state index in [1.807, 2.05) is 25.1 Å². The highest BCUT2D eigenvalue weighted by molar-refractivity contribution is 5.81. The van der Waals surface area contributed by atoms with Gasteiger partial charge in [0.15, 0.2) is 0 Å². The molecule has 0 fully saturated rings. The van der Waals surface area contributed by atoms with Crippen LogP contribution in [0.25, 0.3) is 16.6 Å². The van der Waals surface area contributed by atoms with E-state index in [1.165, 1.54) is 0 Å². The van der Waals surface area contributed by atoms with E-state index in [9.17, 15) is 0 Å². The molecule has 0 aromatic carbocycles. The average Bonchev–Trinajstić information content (AvgIpc) is 2.61. The molecule has 3 nitrogen and oxygen atoms in total. The molecular formula is C11H11N3. The van der Waals surface area contributed by atoms with E-state index in [1.54, 1.807) is 23.3 Å². The van der Waals surface area contributed by atoms with Crippen LogP contribution in [0.3, 0.4) is 0 Å². The summed E-state index contributed by atoms with van der Waals surface area (Å²) in [5.74, 6) is 0. The second kappa shape index (κ2) is 3.46. The SMILES string of the molecule is C=C(C=CC)n1ncc2cnccc21. The lowest BCUT2D eigenvalue weighted by molar-refractivity contribution is 0.943. The first kappa shape index (κ1) is 8.69. The van der Waals surface area contributed by atoms with Gasteiger partial charge in [0.05, 0.1) is 17.4 Å². The van der Waals surface area contributed by atoms with Crippen molar-refractivity contribution in [2.75, 3.05) is 0 Å². The Morgan fingerprint density at radius 1 is 1.50 bits per heavy atom. The van der Waals surface area contributed by atoms with Gasteiger partial charge in [-0.25, -0.2) is 4.68 Å². The van der Waals surface area contributed by atoms with Crippen molar-refractivity contribution >= 4 is 16.6 Å². The van der Waals surface area contributed by atoms with Gasteiger partial charge in [0.25, 0.3) is 0 Å². The lowest BCUT2D eigenvalue weighted by atomic mass is 10.3. The van der Waals surface area contributed by atoms with Crippen molar-refractivity contribution in [2.45, 2.75) is 6.92 Å². The van der Waals surface area contributed by atoms with Gasteiger partial charge in [0, 0.05) is 17.8 Å². The van der Waals surface area contributed by atoms with Gasteiger partial charge < -0.3 is 0 Å². The molecule has 0 amide bonds. The predicted molar refractivity (Wildman–Crippen MR) is 57.7 cm³/mol. The van der Waals surface area contributed by atoms with Crippen molar-refractivity contribution in [3.63, 3.8) is 0 Å². The minimum Gasteiger partial charge on any atom is -0.264 e. The fraction of sp³-hybridized carbons (Fsp3) is 0.0909. The van der Waals surface area contributed by atoms with Crippen LogP contribution in [0.4, 0.5) is 0 Å². The third-order valence-electron chi connectivity index (χ3n) is 2.00. The standard InChI is InChI=1S/C11H11N3/c1-3-4-9(2)14-11-5-6-12-7-10(11)8-13-14/h3-8H,2H2,1H3. The van der Waals surface area contributed by atoms with Gasteiger partial charge in [-0.2, -0.15) is 5.10 Å². The van der Waals surface area contributed by atoms with Crippen molar-refractivity contribution in [3.8, 4) is 0 Å². The molecule has 0 N–H and O–H groups in total. The molecule has 14 heavy (non-hydrogen) atoms. The van der Waals surface area contributed by atoms with E-state index in [0.717, 1.165) is 16.6 Å². The van der Waals surface area contributed by atoms with E-state index < -0.39 is 0 Å². The molecular weight excluding hydrogens is 174 g/mol. The van der Waals surface area contributed by atoms with Gasteiger partial charge >= 0.3 is 0 Å². The van der Waals surface area contributed by atoms with E-state index in [-0.39, 0.29) is 0 Å². The Labute approximate surface area is 82.4 Å². The summed E-state index contributed by atoms with van der Waals surface area (Å²) in [4.78, 5) is 4.03. The molecule has 2 heterocycles. The summed E-state index contributed by atoms with van der Waals surface area (Å²) in [5.41, 5.74) is 1.89. The fourth-order valence-electron chi connectivity index (χ4n) is 1.37. The molecule has 0 spiro atoms. The Bertz CT molecular complexity index is 494. The van der Waals surface area contributed by atoms with Crippen molar-refractivity contribution in [1.82, 2.24) is 14.8 Å². The highest BCUT2D eigenvalue weighted by atomic mass is 15.3. The van der Waals surface area contributed by atoms with Gasteiger partial charge in [-0.3, -0.25) is 4.98 Å². The zero-order chi connectivity index (χ0) is 9.97. The number of nitrogens with zero attached hydrogens (tertiary/aromatic N) is 3. The molecule has 0 unspecified atom stereocenters. The lowest BCUT2D eigenvalue weighted by Gasteiger charge is -2.00. The van der Waals surface area contributed by atoms with Crippen LogP contribution in [0.1, 0.15) is 6.92 Å². The van der Waals surface area contributed by atoms with E-state index in [0.29, 0.717) is 0 Å². The molecule has 0 aliphatic heterocycles. The summed E-state index contributed by atoms with van der Waals surface area (Å²) in [7, 11) is 0. The zero-order valence-corrected chi connectivity index (χ0v) is 8.01. The van der Waals surface area contributed by atoms with Crippen LogP contribution in [0.5, 0.6) is 0 Å². The maximum Gasteiger partial charge on any atom is 0.0771 e. The summed E-state index contributed by atoms with van der Waals surface area (Å²) in [6, 6.07) is 1.93. The van der Waals surface area contributed by atoms with Crippen LogP contribution < -0.4 is 0 Å². The largest absolute Gasteiger partial charge is 0.264 e. The normalized spacial score (nSPS) is 11.2. The predicted octanol–water partition coefficient (Wildman–Crippen LogP) is 2.48. The second-order valence-electron chi connectivity index (χ2n) is 2.98. The van der Waals surface area contributed by atoms with Crippen LogP contribution in [-0.4, -0.2) is 14.8 Å². The third kappa shape index (κ3) is 1.33. The van der Waals surface area contributed by atoms with Gasteiger partial charge in [0.2, 0.25) is 0 Å². The summed E-state index contributed by atoms with van der Waals surface area (Å²) < 4.78 is 1.80. The van der Waals surface area contributed by atoms with E-state index in [2.05, 4.69) is 16.7 Å². The lowest BCUT2D eigenvalue weighted by Crippen LogP contribution is -1.94. The maximum atomic E-state index is 4.24. The summed E-state index contributed by atoms with van der Waals surface area (Å²) >= 11 is 0. The van der Waals surface area contributed by atoms with Crippen LogP contribution in [0.15, 0.2) is 43.4 Å². The second-order valence-corrected chi connectivity index (χ2v) is 2.98. The Morgan fingerprint density at radius 2 is 2.36 bits per heavy atom. The Hall–Kier alpha value is -1.90. The first-order valence-electron chi connectivity index (χ1n) is 4.42. The van der Waals surface area contributed by atoms with E-state index in [4.69, 9.17) is 0 Å². The molecule has 0 aliphatic rings. The molecule has 0 saturated heterocycles. The number of fused-ring (bicyclic) bond motifs is 1. The molecule has 70 valence electrons. The number of rotatable bonds is 2. The fourth-order valence-corrected chi connectivity index (χ4v) is 1.37. The summed E-state index contributed by atoms with van der Waals surface area (Å²) in [5, 5.41) is 5.27. The van der Waals surface area contributed by atoms with Gasteiger partial charge in [-0.05, 0) is 19.1 Å². The zero-order valence-electron chi connectivity index (χ0n) is 8.01. The third-order valence-corrected chi connectivity index (χ3v) is 2.00. The smallest absolute Gasteiger partial charge is 0.0771 e. The van der Waals surface area contributed by atoms with Crippen molar-refractivity contribution in [1.29, 1.82) is 0 Å². The van der Waals surface area contributed by atoms with E-state index >= 15 is 0 Å². The molecule has 0 radical (unpaired) electrons. The number of pyridine rings is 1. The molecule has 0 aliphatic carbocycles. The Morgan fingerprint density at radius 3 is 3.14 bits per heavy atom. The van der Waals surface area contributed by atoms with Crippen molar-refractivity contribution < 1.29 is 0 Å². The maximum absolute atomic E-state index is 4.24. The van der Waals surface area contributed by atoms with Gasteiger partial charge in [-0.15, -0.1) is 0 Å². The average molecular weight is 185 g/mol. The molecule has 2 aromatic rings. The number of hydrogen-bond donors (Lipinski definition) is 0. The molecule has 0 atom stereocenters. The monoisotopic (exact) mass is 185 g/mol. The number of aromatic nitrogens is 3. The first-order valence-corrected chi connectivity index (χ1v) is 4.42. The Balaban J connectivity index is 2.58. The van der Waals surface area contributed by atoms with Gasteiger partial charge in [-0.1, -0.05) is 12.7 Å². The van der Waals surface area contributed by atoms with Crippen molar-refractivity contribution in [2.24, 2.45) is 0 Å². The highest BCUT2D eigenvalue weighted by Crippen LogP contribution is 2.15. The minimum absolute atomic E-state index is 0.855. The molecule has 2 aromatic heterocycles. The number of hydrogen-bond acceptors (Lipinski definition) is 2. The van der Waals surface area contributed by atoms with Crippen LogP contribution in [0, 0.1) is 0 Å². The number of allylic oxidation sites excluding steroid dienone is 3. The van der Waals surface area contributed by atoms with Crippen LogP contribution in [0.2, 0.25) is 0 Å². The quantitative estimate of drug-likeness (QED) is 0.673. The summed E-state index contributed by atoms with van der Waals surface area (Å²) in [6.45, 7) is 5.89. The van der Waals surface area contributed by atoms with Crippen LogP contribution in [-0.2, 0) is 0 Å². The highest BCUT2D eigenvalue weighted by Gasteiger charge is 2.01. The first-order chi connectivity index (χ1) is 6.83. The molecule has 2 rings (SSSR count). The van der Waals surface area contributed by atoms with Crippen molar-refractivity contribution in [3.05, 3.63) is 43.4 Å². The minimum atomic E-state index is 0.855. The van der Waals surface area contributed by atoms with Crippen LogP contribution >= 0.6 is 0 Å². The Kier molecular flexibility index (Phi) is 2.14. The topological polar surface area (TPSA) is 30.7 Å². The molecule has 3 heteroatoms. The molecule has 0 saturated carbocycles. The van der Waals surface area contributed by atoms with Gasteiger partial charge in [0.1, 0.15) is 0 Å².